The van der Waals surface area contributed by atoms with E-state index in [9.17, 15) is 4.79 Å². The number of benzene rings is 1. The van der Waals surface area contributed by atoms with E-state index >= 15 is 0 Å². The van der Waals surface area contributed by atoms with E-state index in [0.717, 1.165) is 17.7 Å². The number of aromatic nitrogens is 2. The summed E-state index contributed by atoms with van der Waals surface area (Å²) in [5, 5.41) is 5.75. The lowest BCUT2D eigenvalue weighted by Crippen LogP contribution is -2.40. The van der Waals surface area contributed by atoms with E-state index in [-0.39, 0.29) is 17.7 Å². The van der Waals surface area contributed by atoms with Crippen LogP contribution in [0.15, 0.2) is 36.5 Å². The highest BCUT2D eigenvalue weighted by atomic mass is 16.5. The molecule has 0 aliphatic carbocycles. The first-order chi connectivity index (χ1) is 11.8. The molecule has 0 aliphatic heterocycles. The number of carbonyl (C=O) groups is 1. The topological polar surface area (TPSA) is 76.1 Å². The van der Waals surface area contributed by atoms with Gasteiger partial charge in [-0.25, -0.2) is 14.8 Å². The monoisotopic (exact) mass is 342 g/mol. The molecular weight excluding hydrogens is 316 g/mol. The number of aryl methyl sites for hydroxylation is 1. The SMILES string of the molecule is COC(C)(C)C[C@H](C)NC(=O)Nc1ccc(-c2nccc(C)n2)cc1. The average Bonchev–Trinajstić information content (AvgIpc) is 2.54. The number of anilines is 1. The Balaban J connectivity index is 1.93. The summed E-state index contributed by atoms with van der Waals surface area (Å²) in [6, 6.07) is 9.07. The number of urea groups is 1. The minimum Gasteiger partial charge on any atom is -0.379 e. The second-order valence-corrected chi connectivity index (χ2v) is 6.77. The van der Waals surface area contributed by atoms with Gasteiger partial charge in [0.05, 0.1) is 5.60 Å². The van der Waals surface area contributed by atoms with E-state index in [0.29, 0.717) is 11.5 Å². The number of methoxy groups -OCH3 is 1. The summed E-state index contributed by atoms with van der Waals surface area (Å²) in [5.41, 5.74) is 2.26. The van der Waals surface area contributed by atoms with Crippen molar-refractivity contribution in [3.8, 4) is 11.4 Å². The molecule has 6 heteroatoms. The maximum Gasteiger partial charge on any atom is 0.319 e. The van der Waals surface area contributed by atoms with Crippen LogP contribution in [-0.4, -0.2) is 34.8 Å². The Kier molecular flexibility index (Phi) is 6.09. The molecule has 0 fully saturated rings. The zero-order valence-corrected chi connectivity index (χ0v) is 15.5. The van der Waals surface area contributed by atoms with Crippen molar-refractivity contribution in [2.45, 2.75) is 45.8 Å². The van der Waals surface area contributed by atoms with E-state index in [1.165, 1.54) is 0 Å². The van der Waals surface area contributed by atoms with Gasteiger partial charge in [0.25, 0.3) is 0 Å². The molecule has 0 saturated heterocycles. The first-order valence-corrected chi connectivity index (χ1v) is 8.32. The van der Waals surface area contributed by atoms with Gasteiger partial charge in [0.15, 0.2) is 5.82 Å². The average molecular weight is 342 g/mol. The van der Waals surface area contributed by atoms with Gasteiger partial charge in [0.1, 0.15) is 0 Å². The van der Waals surface area contributed by atoms with Gasteiger partial charge in [-0.1, -0.05) is 0 Å². The van der Waals surface area contributed by atoms with Gasteiger partial charge in [-0.2, -0.15) is 0 Å². The molecular formula is C19H26N4O2. The van der Waals surface area contributed by atoms with Gasteiger partial charge in [-0.3, -0.25) is 0 Å². The van der Waals surface area contributed by atoms with E-state index < -0.39 is 0 Å². The molecule has 1 aromatic heterocycles. The zero-order valence-electron chi connectivity index (χ0n) is 15.5. The number of amides is 2. The maximum absolute atomic E-state index is 12.1. The Morgan fingerprint density at radius 2 is 1.92 bits per heavy atom. The lowest BCUT2D eigenvalue weighted by molar-refractivity contribution is 0.00963. The van der Waals surface area contributed by atoms with E-state index in [1.807, 2.05) is 58.0 Å². The predicted octanol–water partition coefficient (Wildman–Crippen LogP) is 3.78. The summed E-state index contributed by atoms with van der Waals surface area (Å²) in [7, 11) is 1.67. The van der Waals surface area contributed by atoms with Gasteiger partial charge in [-0.15, -0.1) is 0 Å². The Labute approximate surface area is 149 Å². The molecule has 1 heterocycles. The molecule has 1 atom stereocenters. The fourth-order valence-electron chi connectivity index (χ4n) is 2.55. The van der Waals surface area contributed by atoms with Crippen molar-refractivity contribution in [1.82, 2.24) is 15.3 Å². The quantitative estimate of drug-likeness (QED) is 0.838. The molecule has 0 aliphatic rings. The van der Waals surface area contributed by atoms with Crippen molar-refractivity contribution in [3.05, 3.63) is 42.2 Å². The van der Waals surface area contributed by atoms with Gasteiger partial charge < -0.3 is 15.4 Å². The molecule has 2 rings (SSSR count). The third kappa shape index (κ3) is 5.83. The van der Waals surface area contributed by atoms with E-state index in [1.54, 1.807) is 13.3 Å². The number of rotatable bonds is 6. The van der Waals surface area contributed by atoms with Crippen molar-refractivity contribution in [3.63, 3.8) is 0 Å². The summed E-state index contributed by atoms with van der Waals surface area (Å²) >= 11 is 0. The van der Waals surface area contributed by atoms with Crippen LogP contribution in [0.25, 0.3) is 11.4 Å². The molecule has 1 aromatic carbocycles. The molecule has 2 N–H and O–H groups in total. The van der Waals surface area contributed by atoms with Crippen molar-refractivity contribution in [1.29, 1.82) is 0 Å². The van der Waals surface area contributed by atoms with Crippen molar-refractivity contribution >= 4 is 11.7 Å². The number of carbonyl (C=O) groups excluding carboxylic acids is 1. The highest BCUT2D eigenvalue weighted by Crippen LogP contribution is 2.18. The molecule has 0 spiro atoms. The molecule has 0 unspecified atom stereocenters. The summed E-state index contributed by atoms with van der Waals surface area (Å²) in [6.07, 6.45) is 2.46. The van der Waals surface area contributed by atoms with E-state index in [4.69, 9.17) is 4.74 Å². The molecule has 0 radical (unpaired) electrons. The number of hydrogen-bond acceptors (Lipinski definition) is 4. The maximum atomic E-state index is 12.1. The molecule has 0 bridgehead atoms. The number of hydrogen-bond donors (Lipinski definition) is 2. The number of ether oxygens (including phenoxy) is 1. The summed E-state index contributed by atoms with van der Waals surface area (Å²) in [6.45, 7) is 7.88. The largest absolute Gasteiger partial charge is 0.379 e. The van der Waals surface area contributed by atoms with Gasteiger partial charge in [0, 0.05) is 36.3 Å². The number of nitrogens with zero attached hydrogens (tertiary/aromatic N) is 2. The van der Waals surface area contributed by atoms with Gasteiger partial charge in [0.2, 0.25) is 0 Å². The smallest absolute Gasteiger partial charge is 0.319 e. The highest BCUT2D eigenvalue weighted by molar-refractivity contribution is 5.89. The Morgan fingerprint density at radius 3 is 2.52 bits per heavy atom. The summed E-state index contributed by atoms with van der Waals surface area (Å²) in [4.78, 5) is 20.8. The van der Waals surface area contributed by atoms with Crippen molar-refractivity contribution in [2.24, 2.45) is 0 Å². The zero-order chi connectivity index (χ0) is 18.4. The summed E-state index contributed by atoms with van der Waals surface area (Å²) in [5.74, 6) is 0.673. The molecule has 6 nitrogen and oxygen atoms in total. The lowest BCUT2D eigenvalue weighted by Gasteiger charge is -2.27. The predicted molar refractivity (Wildman–Crippen MR) is 99.5 cm³/mol. The van der Waals surface area contributed by atoms with Crippen LogP contribution in [0, 0.1) is 6.92 Å². The molecule has 25 heavy (non-hydrogen) atoms. The van der Waals surface area contributed by atoms with Gasteiger partial charge in [-0.05, 0) is 64.4 Å². The Hall–Kier alpha value is -2.47. The minimum absolute atomic E-state index is 0.00471. The van der Waals surface area contributed by atoms with Crippen molar-refractivity contribution < 1.29 is 9.53 Å². The van der Waals surface area contributed by atoms with Gasteiger partial charge >= 0.3 is 6.03 Å². The van der Waals surface area contributed by atoms with Crippen LogP contribution in [-0.2, 0) is 4.74 Å². The fourth-order valence-corrected chi connectivity index (χ4v) is 2.55. The molecule has 0 saturated carbocycles. The van der Waals surface area contributed by atoms with E-state index in [2.05, 4.69) is 20.6 Å². The number of nitrogens with one attached hydrogen (secondary N) is 2. The lowest BCUT2D eigenvalue weighted by atomic mass is 10.00. The van der Waals surface area contributed by atoms with Crippen LogP contribution >= 0.6 is 0 Å². The Bertz CT molecular complexity index is 714. The van der Waals surface area contributed by atoms with Crippen molar-refractivity contribution in [2.75, 3.05) is 12.4 Å². The second-order valence-electron chi connectivity index (χ2n) is 6.77. The molecule has 2 amide bonds. The van der Waals surface area contributed by atoms with Crippen LogP contribution in [0.4, 0.5) is 10.5 Å². The normalized spacial score (nSPS) is 12.5. The third-order valence-electron chi connectivity index (χ3n) is 3.92. The Morgan fingerprint density at radius 1 is 1.24 bits per heavy atom. The van der Waals surface area contributed by atoms with Crippen LogP contribution in [0.2, 0.25) is 0 Å². The standard InChI is InChI=1S/C19H26N4O2/c1-13-10-11-20-17(21-13)15-6-8-16(9-7-15)23-18(24)22-14(2)12-19(3,4)25-5/h6-11,14H,12H2,1-5H3,(H2,22,23,24)/t14-/m0/s1. The van der Waals surface area contributed by atoms with Crippen LogP contribution in [0.3, 0.4) is 0 Å². The van der Waals surface area contributed by atoms with Crippen LogP contribution in [0.1, 0.15) is 32.9 Å². The molecule has 134 valence electrons. The van der Waals surface area contributed by atoms with Crippen LogP contribution in [0.5, 0.6) is 0 Å². The molecule has 2 aromatic rings. The fraction of sp³-hybridized carbons (Fsp3) is 0.421. The van der Waals surface area contributed by atoms with Crippen LogP contribution < -0.4 is 10.6 Å². The second kappa shape index (κ2) is 8.07. The minimum atomic E-state index is -0.276. The first kappa shape index (κ1) is 18.9. The third-order valence-corrected chi connectivity index (χ3v) is 3.92. The first-order valence-electron chi connectivity index (χ1n) is 8.32. The highest BCUT2D eigenvalue weighted by Gasteiger charge is 2.21. The summed E-state index contributed by atoms with van der Waals surface area (Å²) < 4.78 is 5.39.